The van der Waals surface area contributed by atoms with Crippen molar-refractivity contribution in [3.63, 3.8) is 0 Å². The van der Waals surface area contributed by atoms with Gasteiger partial charge in [0.05, 0.1) is 18.8 Å². The number of ether oxygens (including phenoxy) is 1. The summed E-state index contributed by atoms with van der Waals surface area (Å²) in [5, 5.41) is 50.7. The lowest BCUT2D eigenvalue weighted by Gasteiger charge is -2.52. The van der Waals surface area contributed by atoms with E-state index in [4.69, 9.17) is 25.6 Å². The van der Waals surface area contributed by atoms with Crippen molar-refractivity contribution in [1.82, 2.24) is 15.6 Å². The normalized spacial score (nSPS) is 34.1. The number of nitrogens with zero attached hydrogens (tertiary/aromatic N) is 1. The number of furan rings is 1. The molecular weight excluding hydrogens is 989 g/mol. The third-order valence-corrected chi connectivity index (χ3v) is 23.6. The van der Waals surface area contributed by atoms with Gasteiger partial charge in [-0.15, -0.1) is 0 Å². The van der Waals surface area contributed by atoms with Crippen LogP contribution >= 0.6 is 21.6 Å². The van der Waals surface area contributed by atoms with E-state index >= 15 is 0 Å². The minimum atomic E-state index is -0.911. The largest absolute Gasteiger partial charge is 0.504 e. The highest BCUT2D eigenvalue weighted by Gasteiger charge is 2.63. The van der Waals surface area contributed by atoms with E-state index < -0.39 is 12.2 Å². The topological polar surface area (TPSA) is 208 Å². The van der Waals surface area contributed by atoms with Gasteiger partial charge in [-0.1, -0.05) is 85.3 Å². The number of guanidine groups is 1. The molecule has 3 aromatic rings. The third-order valence-electron chi connectivity index (χ3n) is 21.1. The van der Waals surface area contributed by atoms with E-state index in [0.717, 1.165) is 65.7 Å². The second-order valence-corrected chi connectivity index (χ2v) is 28.2. The Bertz CT molecular complexity index is 2480. The minimum absolute atomic E-state index is 0.000308. The summed E-state index contributed by atoms with van der Waals surface area (Å²) in [5.41, 5.74) is 19.2. The molecule has 8 aliphatic carbocycles. The predicted molar refractivity (Wildman–Crippen MR) is 308 cm³/mol. The maximum Gasteiger partial charge on any atom is 0.189 e. The zero-order chi connectivity index (χ0) is 52.6. The fourth-order valence-electron chi connectivity index (χ4n) is 17.4. The molecule has 1 saturated heterocycles. The lowest BCUT2D eigenvalue weighted by atomic mass is 9.52. The molecule has 14 atom stereocenters. The molecule has 6 bridgehead atoms. The maximum atomic E-state index is 11.8. The van der Waals surface area contributed by atoms with Crippen molar-refractivity contribution in [2.75, 3.05) is 31.2 Å². The number of H-pyrrole nitrogens is 1. The maximum absolute atomic E-state index is 11.8. The zero-order valence-electron chi connectivity index (χ0n) is 45.7. The molecule has 14 heteroatoms. The van der Waals surface area contributed by atoms with Crippen LogP contribution in [0.3, 0.4) is 0 Å². The Morgan fingerprint density at radius 1 is 0.921 bits per heavy atom. The molecule has 418 valence electrons. The van der Waals surface area contributed by atoms with Crippen LogP contribution < -0.4 is 26.8 Å². The molecule has 9 aliphatic rings. The van der Waals surface area contributed by atoms with Crippen LogP contribution in [-0.4, -0.2) is 86.8 Å². The number of aryl methyl sites for hydroxylation is 3. The van der Waals surface area contributed by atoms with Crippen LogP contribution in [0.4, 0.5) is 0 Å². The van der Waals surface area contributed by atoms with Crippen molar-refractivity contribution < 1.29 is 29.6 Å². The second kappa shape index (κ2) is 23.9. The molecule has 1 aliphatic heterocycles. The Hall–Kier alpha value is -3.11. The van der Waals surface area contributed by atoms with E-state index in [2.05, 4.69) is 40.8 Å². The predicted octanol–water partition coefficient (Wildman–Crippen LogP) is 10.7. The van der Waals surface area contributed by atoms with Crippen molar-refractivity contribution in [2.45, 2.75) is 197 Å². The number of allylic oxidation sites excluding steroid dienone is 2. The number of aliphatic imine (C=N–C) groups is 1. The summed E-state index contributed by atoms with van der Waals surface area (Å²) in [7, 11) is 3.99. The molecule has 0 amide bonds. The molecule has 11 N–H and O–H groups in total. The molecule has 12 rings (SSSR count). The number of aromatic nitrogens is 1. The van der Waals surface area contributed by atoms with Gasteiger partial charge in [-0.05, 0) is 178 Å². The molecule has 5 saturated carbocycles. The second-order valence-electron chi connectivity index (χ2n) is 25.6. The summed E-state index contributed by atoms with van der Waals surface area (Å²) in [6.07, 6.45) is 27.9. The molecular formula is C62H92N6O6S2. The molecule has 2 spiro atoms. The Kier molecular flexibility index (Phi) is 17.3. The Morgan fingerprint density at radius 3 is 2.55 bits per heavy atom. The van der Waals surface area contributed by atoms with Gasteiger partial charge in [-0.25, -0.2) is 4.99 Å². The lowest BCUT2D eigenvalue weighted by Crippen LogP contribution is -2.47. The number of nitrogens with one attached hydrogen (secondary N) is 3. The Balaban J connectivity index is 0.706. The third kappa shape index (κ3) is 11.3. The van der Waals surface area contributed by atoms with Gasteiger partial charge in [-0.2, -0.15) is 0 Å². The Morgan fingerprint density at radius 2 is 1.74 bits per heavy atom. The van der Waals surface area contributed by atoms with E-state index in [9.17, 15) is 20.4 Å². The first-order valence-electron chi connectivity index (χ1n) is 30.2. The van der Waals surface area contributed by atoms with Gasteiger partial charge in [0.25, 0.3) is 0 Å². The summed E-state index contributed by atoms with van der Waals surface area (Å²) in [6.45, 7) is 5.54. The van der Waals surface area contributed by atoms with E-state index in [1.165, 1.54) is 114 Å². The minimum Gasteiger partial charge on any atom is -0.504 e. The van der Waals surface area contributed by atoms with Crippen LogP contribution in [0.15, 0.2) is 51.9 Å². The summed E-state index contributed by atoms with van der Waals surface area (Å²) in [4.78, 5) is 8.91. The molecule has 1 aromatic carbocycles. The standard InChI is InChI=1S/C62H92N6O6S2/c1-37-11-17-45-41-26-39(13-18-46(45)48(51(63)29-41)35-75-76-36-53(37)68-60(64)66-43-8-3-4-9-43)15-20-56-42(33-69)28-44(74-56)16-12-40-14-19-54(71)57(27-40)73-34-55(72)52-30-47-50(32-65-31-38(2)70)62-24-7-10-58(62)61(22-5-6-23-61)49(21-25-62)59(47)67-52/h14,19,21,25,27-28,30,37-39,41,43,45-46,48-51,53,55,58,65,67,69-72H,3-13,15-18,20,22-24,26,29,31-36,63H2,1-2H3,(H3,64,66,68)/t37-,38-,39-,41+,45-,46+,48+,49+,50-,51+,53+,55-,58+,62-/m0/s1. The van der Waals surface area contributed by atoms with E-state index in [1.807, 2.05) is 46.7 Å². The molecule has 6 fully saturated rings. The van der Waals surface area contributed by atoms with Crippen LogP contribution in [0.1, 0.15) is 187 Å². The van der Waals surface area contributed by atoms with Crippen LogP contribution in [0.25, 0.3) is 0 Å². The fourth-order valence-corrected chi connectivity index (χ4v) is 20.2. The smallest absolute Gasteiger partial charge is 0.189 e. The number of phenolic OH excluding ortho intramolecular Hbond substituents is 1. The van der Waals surface area contributed by atoms with Gasteiger partial charge in [0.1, 0.15) is 24.2 Å². The highest BCUT2D eigenvalue weighted by molar-refractivity contribution is 8.76. The quantitative estimate of drug-likeness (QED) is 0.0268. The number of aliphatic hydroxyl groups is 3. The van der Waals surface area contributed by atoms with Gasteiger partial charge in [0, 0.05) is 78.3 Å². The number of aliphatic hydroxyl groups excluding tert-OH is 3. The molecule has 76 heavy (non-hydrogen) atoms. The van der Waals surface area contributed by atoms with Crippen molar-refractivity contribution >= 4 is 27.5 Å². The average Bonchev–Trinajstić information content (AvgIpc) is 4.36. The van der Waals surface area contributed by atoms with Crippen molar-refractivity contribution in [1.29, 1.82) is 0 Å². The van der Waals surface area contributed by atoms with Crippen molar-refractivity contribution in [3.8, 4) is 11.5 Å². The van der Waals surface area contributed by atoms with Crippen LogP contribution in [0, 0.1) is 52.3 Å². The van der Waals surface area contributed by atoms with Gasteiger partial charge in [-0.3, -0.25) is 0 Å². The number of phenols is 1. The first kappa shape index (κ1) is 54.8. The lowest BCUT2D eigenvalue weighted by molar-refractivity contribution is 0.0440. The SMILES string of the molecule is C[C@H](O)CNC[C@H]1c2cc([C@@H](O)COc3cc(CCc4cc(CO)c(CC[C@@H]5CC[C@H]6[C@H]7CSSC[C@@H](N=C(N)NC8CCCC8)[C@@H](C)CC[C@H]6[C@H](C5)C[C@H]7N)o4)ccc3O)[nH]c2[C@H]2C=C[C@@]13CCC[C@@H]3C21CCCC1. The first-order valence-corrected chi connectivity index (χ1v) is 32.6. The highest BCUT2D eigenvalue weighted by Crippen LogP contribution is 2.72. The van der Waals surface area contributed by atoms with Crippen molar-refractivity contribution in [3.05, 3.63) is 82.1 Å². The average molecular weight is 1080 g/mol. The number of hydrogen-bond donors (Lipinski definition) is 9. The molecule has 2 aromatic heterocycles. The van der Waals surface area contributed by atoms with E-state index in [1.54, 1.807) is 6.07 Å². The number of rotatable bonds is 17. The van der Waals surface area contributed by atoms with Crippen LogP contribution in [0.5, 0.6) is 11.5 Å². The number of aromatic amines is 1. The van der Waals surface area contributed by atoms with E-state index in [-0.39, 0.29) is 47.8 Å². The van der Waals surface area contributed by atoms with Crippen LogP contribution in [0.2, 0.25) is 0 Å². The summed E-state index contributed by atoms with van der Waals surface area (Å²) in [6, 6.07) is 10.7. The monoisotopic (exact) mass is 1080 g/mol. The van der Waals surface area contributed by atoms with Gasteiger partial charge >= 0.3 is 0 Å². The summed E-state index contributed by atoms with van der Waals surface area (Å²) < 4.78 is 12.8. The van der Waals surface area contributed by atoms with Gasteiger partial charge in [0.2, 0.25) is 0 Å². The van der Waals surface area contributed by atoms with Gasteiger partial charge in [0.15, 0.2) is 17.5 Å². The van der Waals surface area contributed by atoms with E-state index in [0.29, 0.717) is 84.5 Å². The number of nitrogens with two attached hydrogens (primary N) is 2. The molecule has 0 unspecified atom stereocenters. The molecule has 3 heterocycles. The fraction of sp³-hybridized carbons (Fsp3) is 0.726. The molecule has 0 radical (unpaired) electrons. The van der Waals surface area contributed by atoms with Crippen LogP contribution in [-0.2, 0) is 25.9 Å². The van der Waals surface area contributed by atoms with Crippen molar-refractivity contribution in [2.24, 2.45) is 68.7 Å². The summed E-state index contributed by atoms with van der Waals surface area (Å²) >= 11 is 0. The summed E-state index contributed by atoms with van der Waals surface area (Å²) in [5.74, 6) is 9.74. The molecule has 12 nitrogen and oxygen atoms in total. The number of benzene rings is 1. The van der Waals surface area contributed by atoms with Gasteiger partial charge < -0.3 is 56.7 Å². The first-order chi connectivity index (χ1) is 36.9. The Labute approximate surface area is 461 Å². The zero-order valence-corrected chi connectivity index (χ0v) is 47.4. The highest BCUT2D eigenvalue weighted by atomic mass is 33.1. The number of hydrogen-bond acceptors (Lipinski definition) is 11. The number of aromatic hydroxyl groups is 1.